The highest BCUT2D eigenvalue weighted by Gasteiger charge is 2.33. The lowest BCUT2D eigenvalue weighted by Crippen LogP contribution is -2.41. The minimum Gasteiger partial charge on any atom is -0.468 e. The van der Waals surface area contributed by atoms with E-state index in [1.807, 2.05) is 0 Å². The maximum atomic E-state index is 11.7. The summed E-state index contributed by atoms with van der Waals surface area (Å²) in [6.45, 7) is 5.42. The Kier molecular flexibility index (Phi) is 8.06. The molecule has 6 nitrogen and oxygen atoms in total. The van der Waals surface area contributed by atoms with Gasteiger partial charge in [0.2, 0.25) is 0 Å². The van der Waals surface area contributed by atoms with Gasteiger partial charge in [0.15, 0.2) is 0 Å². The summed E-state index contributed by atoms with van der Waals surface area (Å²) in [5.41, 5.74) is 0. The van der Waals surface area contributed by atoms with Crippen molar-refractivity contribution in [3.05, 3.63) is 0 Å². The van der Waals surface area contributed by atoms with E-state index in [1.165, 1.54) is 7.11 Å². The van der Waals surface area contributed by atoms with Crippen LogP contribution < -0.4 is 5.32 Å². The van der Waals surface area contributed by atoms with Crippen molar-refractivity contribution in [1.29, 1.82) is 0 Å². The van der Waals surface area contributed by atoms with Gasteiger partial charge in [-0.25, -0.2) is 0 Å². The SMILES string of the molecule is CCCNC(CCN1CC(OC)C(OC)C1)C(=O)OC. The summed E-state index contributed by atoms with van der Waals surface area (Å²) in [6.07, 6.45) is 1.95. The van der Waals surface area contributed by atoms with E-state index in [4.69, 9.17) is 14.2 Å². The van der Waals surface area contributed by atoms with Gasteiger partial charge in [-0.05, 0) is 19.4 Å². The largest absolute Gasteiger partial charge is 0.468 e. The van der Waals surface area contributed by atoms with Gasteiger partial charge in [0.1, 0.15) is 6.04 Å². The van der Waals surface area contributed by atoms with Gasteiger partial charge in [0.25, 0.3) is 0 Å². The smallest absolute Gasteiger partial charge is 0.322 e. The van der Waals surface area contributed by atoms with Gasteiger partial charge in [-0.3, -0.25) is 9.69 Å². The molecule has 0 aromatic rings. The molecule has 0 spiro atoms. The maximum Gasteiger partial charge on any atom is 0.322 e. The molecule has 118 valence electrons. The van der Waals surface area contributed by atoms with E-state index in [-0.39, 0.29) is 24.2 Å². The minimum atomic E-state index is -0.234. The van der Waals surface area contributed by atoms with Gasteiger partial charge in [-0.2, -0.15) is 0 Å². The second-order valence-electron chi connectivity index (χ2n) is 5.13. The first-order chi connectivity index (χ1) is 9.65. The normalized spacial score (nSPS) is 24.8. The molecular weight excluding hydrogens is 260 g/mol. The number of nitrogens with zero attached hydrogens (tertiary/aromatic N) is 1. The van der Waals surface area contributed by atoms with Crippen molar-refractivity contribution < 1.29 is 19.0 Å². The summed E-state index contributed by atoms with van der Waals surface area (Å²) in [5, 5.41) is 3.23. The van der Waals surface area contributed by atoms with Crippen LogP contribution in [-0.4, -0.2) is 76.6 Å². The van der Waals surface area contributed by atoms with Crippen LogP contribution in [0.1, 0.15) is 19.8 Å². The Morgan fingerprint density at radius 3 is 2.30 bits per heavy atom. The van der Waals surface area contributed by atoms with Crippen molar-refractivity contribution in [2.45, 2.75) is 38.0 Å². The van der Waals surface area contributed by atoms with Crippen LogP contribution in [0.2, 0.25) is 0 Å². The summed E-state index contributed by atoms with van der Waals surface area (Å²) < 4.78 is 15.7. The number of methoxy groups -OCH3 is 3. The molecule has 0 aromatic carbocycles. The average Bonchev–Trinajstić information content (AvgIpc) is 2.89. The summed E-state index contributed by atoms with van der Waals surface area (Å²) in [5.74, 6) is -0.191. The Labute approximate surface area is 121 Å². The molecule has 3 atom stereocenters. The molecule has 0 aliphatic carbocycles. The topological polar surface area (TPSA) is 60.0 Å². The minimum absolute atomic E-state index is 0.111. The zero-order valence-corrected chi connectivity index (χ0v) is 13.1. The number of rotatable bonds is 9. The molecule has 1 aliphatic heterocycles. The summed E-state index contributed by atoms with van der Waals surface area (Å²) in [7, 11) is 4.85. The predicted molar refractivity (Wildman–Crippen MR) is 76.7 cm³/mol. The number of hydrogen-bond acceptors (Lipinski definition) is 6. The van der Waals surface area contributed by atoms with Crippen molar-refractivity contribution in [2.24, 2.45) is 0 Å². The number of esters is 1. The maximum absolute atomic E-state index is 11.7. The molecule has 1 N–H and O–H groups in total. The molecule has 0 radical (unpaired) electrons. The third-order valence-electron chi connectivity index (χ3n) is 3.76. The Balaban J connectivity index is 2.41. The first-order valence-electron chi connectivity index (χ1n) is 7.25. The highest BCUT2D eigenvalue weighted by atomic mass is 16.5. The number of nitrogens with one attached hydrogen (secondary N) is 1. The molecule has 0 amide bonds. The van der Waals surface area contributed by atoms with Crippen LogP contribution in [-0.2, 0) is 19.0 Å². The standard InChI is InChI=1S/C14H28N2O4/c1-5-7-15-11(14(17)20-4)6-8-16-9-12(18-2)13(10-16)19-3/h11-13,15H,5-10H2,1-4H3. The quantitative estimate of drug-likeness (QED) is 0.614. The molecule has 1 rings (SSSR count). The number of carbonyl (C=O) groups excluding carboxylic acids is 1. The fourth-order valence-corrected chi connectivity index (χ4v) is 2.53. The molecule has 6 heteroatoms. The van der Waals surface area contributed by atoms with Crippen LogP contribution in [0.4, 0.5) is 0 Å². The summed E-state index contributed by atoms with van der Waals surface area (Å²) in [6, 6.07) is -0.234. The van der Waals surface area contributed by atoms with Crippen molar-refractivity contribution in [1.82, 2.24) is 10.2 Å². The van der Waals surface area contributed by atoms with E-state index < -0.39 is 0 Å². The van der Waals surface area contributed by atoms with E-state index in [1.54, 1.807) is 14.2 Å². The number of ether oxygens (including phenoxy) is 3. The van der Waals surface area contributed by atoms with Gasteiger partial charge < -0.3 is 19.5 Å². The second-order valence-corrected chi connectivity index (χ2v) is 5.13. The fraction of sp³-hybridized carbons (Fsp3) is 0.929. The van der Waals surface area contributed by atoms with Crippen LogP contribution in [0, 0.1) is 0 Å². The van der Waals surface area contributed by atoms with Crippen LogP contribution in [0.5, 0.6) is 0 Å². The second kappa shape index (κ2) is 9.28. The molecule has 3 unspecified atom stereocenters. The lowest BCUT2D eigenvalue weighted by atomic mass is 10.2. The molecule has 1 saturated heterocycles. The molecule has 1 heterocycles. The molecule has 20 heavy (non-hydrogen) atoms. The third kappa shape index (κ3) is 5.01. The van der Waals surface area contributed by atoms with E-state index in [2.05, 4.69) is 17.1 Å². The number of carbonyl (C=O) groups is 1. The van der Waals surface area contributed by atoms with Crippen molar-refractivity contribution in [3.63, 3.8) is 0 Å². The van der Waals surface area contributed by atoms with Gasteiger partial charge in [0, 0.05) is 33.9 Å². The van der Waals surface area contributed by atoms with Crippen LogP contribution in [0.3, 0.4) is 0 Å². The zero-order chi connectivity index (χ0) is 15.0. The molecule has 1 fully saturated rings. The first kappa shape index (κ1) is 17.4. The molecule has 0 saturated carbocycles. The Hall–Kier alpha value is -0.690. The number of hydrogen-bond donors (Lipinski definition) is 1. The monoisotopic (exact) mass is 288 g/mol. The summed E-state index contributed by atoms with van der Waals surface area (Å²) >= 11 is 0. The van der Waals surface area contributed by atoms with E-state index in [0.717, 1.165) is 39.0 Å². The van der Waals surface area contributed by atoms with Crippen molar-refractivity contribution >= 4 is 5.97 Å². The van der Waals surface area contributed by atoms with E-state index >= 15 is 0 Å². The number of likely N-dealkylation sites (tertiary alicyclic amines) is 1. The van der Waals surface area contributed by atoms with Gasteiger partial charge in [-0.15, -0.1) is 0 Å². The van der Waals surface area contributed by atoms with Crippen LogP contribution in [0.25, 0.3) is 0 Å². The predicted octanol–water partition coefficient (Wildman–Crippen LogP) is 0.263. The highest BCUT2D eigenvalue weighted by Crippen LogP contribution is 2.16. The third-order valence-corrected chi connectivity index (χ3v) is 3.76. The Morgan fingerprint density at radius 2 is 1.85 bits per heavy atom. The zero-order valence-electron chi connectivity index (χ0n) is 13.1. The van der Waals surface area contributed by atoms with Gasteiger partial charge in [-0.1, -0.05) is 6.92 Å². The van der Waals surface area contributed by atoms with Gasteiger partial charge >= 0.3 is 5.97 Å². The highest BCUT2D eigenvalue weighted by molar-refractivity contribution is 5.75. The van der Waals surface area contributed by atoms with Crippen LogP contribution >= 0.6 is 0 Å². The van der Waals surface area contributed by atoms with Gasteiger partial charge in [0.05, 0.1) is 19.3 Å². The van der Waals surface area contributed by atoms with Crippen molar-refractivity contribution in [3.8, 4) is 0 Å². The van der Waals surface area contributed by atoms with E-state index in [0.29, 0.717) is 0 Å². The lowest BCUT2D eigenvalue weighted by molar-refractivity contribution is -0.143. The van der Waals surface area contributed by atoms with Crippen LogP contribution in [0.15, 0.2) is 0 Å². The van der Waals surface area contributed by atoms with Crippen molar-refractivity contribution in [2.75, 3.05) is 47.5 Å². The molecule has 1 aliphatic rings. The first-order valence-corrected chi connectivity index (χ1v) is 7.25. The van der Waals surface area contributed by atoms with E-state index in [9.17, 15) is 4.79 Å². The summed E-state index contributed by atoms with van der Waals surface area (Å²) in [4.78, 5) is 14.0. The fourth-order valence-electron chi connectivity index (χ4n) is 2.53. The Morgan fingerprint density at radius 1 is 1.25 bits per heavy atom. The lowest BCUT2D eigenvalue weighted by Gasteiger charge is -2.20. The average molecular weight is 288 g/mol. The molecular formula is C14H28N2O4. The molecule has 0 bridgehead atoms. The molecule has 0 aromatic heterocycles. The Bertz CT molecular complexity index is 276.